The highest BCUT2D eigenvalue weighted by Gasteiger charge is 2.31. The number of aromatic nitrogens is 2. The molecule has 31 heavy (non-hydrogen) atoms. The number of esters is 2. The summed E-state index contributed by atoms with van der Waals surface area (Å²) in [7, 11) is 2.56. The standard InChI is InChI=1S/C24H25N3O4/c1-16-15-17(11-12-19(16)26-13-7-8-14-26)21-20(23(28)30-2)22(24(29)31-3)27(25-21)18-9-5-4-6-10-18/h4-6,9-12,15H,7-8,13-14H2,1-3H3. The van der Waals surface area contributed by atoms with Gasteiger partial charge in [0.05, 0.1) is 19.9 Å². The molecule has 1 aliphatic heterocycles. The third kappa shape index (κ3) is 3.79. The molecule has 1 aliphatic rings. The average Bonchev–Trinajstić information content (AvgIpc) is 3.47. The van der Waals surface area contributed by atoms with Gasteiger partial charge in [-0.25, -0.2) is 14.3 Å². The molecule has 0 bridgehead atoms. The molecule has 7 nitrogen and oxygen atoms in total. The van der Waals surface area contributed by atoms with Gasteiger partial charge in [-0.3, -0.25) is 0 Å². The van der Waals surface area contributed by atoms with Crippen molar-refractivity contribution >= 4 is 17.6 Å². The Morgan fingerprint density at radius 3 is 2.23 bits per heavy atom. The molecule has 2 aromatic carbocycles. The van der Waals surface area contributed by atoms with Crippen LogP contribution in [0, 0.1) is 6.92 Å². The van der Waals surface area contributed by atoms with Crippen molar-refractivity contribution in [2.45, 2.75) is 19.8 Å². The zero-order valence-corrected chi connectivity index (χ0v) is 17.9. The van der Waals surface area contributed by atoms with E-state index in [0.29, 0.717) is 11.4 Å². The SMILES string of the molecule is COC(=O)c1c(-c2ccc(N3CCCC3)c(C)c2)nn(-c2ccccc2)c1C(=O)OC. The molecular weight excluding hydrogens is 394 g/mol. The summed E-state index contributed by atoms with van der Waals surface area (Å²) in [6, 6.07) is 15.2. The summed E-state index contributed by atoms with van der Waals surface area (Å²) in [5.41, 5.74) is 4.15. The number of para-hydroxylation sites is 1. The molecule has 1 fully saturated rings. The van der Waals surface area contributed by atoms with Crippen molar-refractivity contribution < 1.29 is 19.1 Å². The molecule has 0 aliphatic carbocycles. The average molecular weight is 419 g/mol. The van der Waals surface area contributed by atoms with Crippen molar-refractivity contribution in [3.8, 4) is 16.9 Å². The third-order valence-electron chi connectivity index (χ3n) is 5.57. The van der Waals surface area contributed by atoms with Crippen LogP contribution >= 0.6 is 0 Å². The highest BCUT2D eigenvalue weighted by Crippen LogP contribution is 2.33. The topological polar surface area (TPSA) is 73.7 Å². The van der Waals surface area contributed by atoms with Crippen LogP contribution in [-0.2, 0) is 9.47 Å². The molecule has 7 heteroatoms. The number of nitrogens with zero attached hydrogens (tertiary/aromatic N) is 3. The Morgan fingerprint density at radius 2 is 1.61 bits per heavy atom. The molecule has 160 valence electrons. The summed E-state index contributed by atoms with van der Waals surface area (Å²) in [6.07, 6.45) is 2.38. The summed E-state index contributed by atoms with van der Waals surface area (Å²) in [5.74, 6) is -1.30. The quantitative estimate of drug-likeness (QED) is 0.582. The van der Waals surface area contributed by atoms with Crippen LogP contribution in [-0.4, -0.2) is 49.0 Å². The Kier molecular flexibility index (Phi) is 5.75. The summed E-state index contributed by atoms with van der Waals surface area (Å²) < 4.78 is 11.4. The smallest absolute Gasteiger partial charge is 0.357 e. The van der Waals surface area contributed by atoms with Gasteiger partial charge in [0.2, 0.25) is 0 Å². The lowest BCUT2D eigenvalue weighted by Gasteiger charge is -2.20. The first kappa shape index (κ1) is 20.7. The van der Waals surface area contributed by atoms with Crippen LogP contribution in [0.3, 0.4) is 0 Å². The maximum absolute atomic E-state index is 12.8. The number of aryl methyl sites for hydroxylation is 1. The van der Waals surface area contributed by atoms with E-state index in [1.807, 2.05) is 49.4 Å². The fourth-order valence-corrected chi connectivity index (χ4v) is 4.07. The molecule has 0 unspecified atom stereocenters. The Labute approximate surface area is 181 Å². The molecule has 1 aromatic heterocycles. The number of methoxy groups -OCH3 is 2. The first-order chi connectivity index (χ1) is 15.0. The van der Waals surface area contributed by atoms with Gasteiger partial charge in [0.25, 0.3) is 0 Å². The zero-order chi connectivity index (χ0) is 22.0. The normalized spacial score (nSPS) is 13.3. The number of hydrogen-bond acceptors (Lipinski definition) is 6. The van der Waals surface area contributed by atoms with Crippen molar-refractivity contribution in [3.05, 3.63) is 65.4 Å². The number of carbonyl (C=O) groups is 2. The van der Waals surface area contributed by atoms with Gasteiger partial charge in [-0.05, 0) is 49.6 Å². The van der Waals surface area contributed by atoms with E-state index < -0.39 is 11.9 Å². The van der Waals surface area contributed by atoms with E-state index in [9.17, 15) is 9.59 Å². The summed E-state index contributed by atoms with van der Waals surface area (Å²) in [4.78, 5) is 27.8. The number of anilines is 1. The molecular formula is C24H25N3O4. The van der Waals surface area contributed by atoms with Crippen molar-refractivity contribution in [2.24, 2.45) is 0 Å². The fraction of sp³-hybridized carbons (Fsp3) is 0.292. The monoisotopic (exact) mass is 419 g/mol. The second kappa shape index (κ2) is 8.63. The fourth-order valence-electron chi connectivity index (χ4n) is 4.07. The van der Waals surface area contributed by atoms with Crippen molar-refractivity contribution in [1.29, 1.82) is 0 Å². The van der Waals surface area contributed by atoms with Crippen LogP contribution < -0.4 is 4.90 Å². The molecule has 0 atom stereocenters. The minimum atomic E-state index is -0.659. The van der Waals surface area contributed by atoms with Crippen LogP contribution in [0.15, 0.2) is 48.5 Å². The van der Waals surface area contributed by atoms with Crippen LogP contribution in [0.5, 0.6) is 0 Å². The van der Waals surface area contributed by atoms with E-state index in [4.69, 9.17) is 9.47 Å². The Hall–Kier alpha value is -3.61. The minimum Gasteiger partial charge on any atom is -0.465 e. The highest BCUT2D eigenvalue weighted by molar-refractivity contribution is 6.06. The second-order valence-corrected chi connectivity index (χ2v) is 7.50. The Bertz CT molecular complexity index is 1120. The molecule has 1 saturated heterocycles. The first-order valence-electron chi connectivity index (χ1n) is 10.3. The Balaban J connectivity index is 1.91. The van der Waals surface area contributed by atoms with Gasteiger partial charge in [-0.15, -0.1) is 0 Å². The van der Waals surface area contributed by atoms with Gasteiger partial charge in [0, 0.05) is 24.3 Å². The predicted octanol–water partition coefficient (Wildman–Crippen LogP) is 4.02. The molecule has 0 amide bonds. The molecule has 0 spiro atoms. The van der Waals surface area contributed by atoms with Crippen molar-refractivity contribution in [1.82, 2.24) is 9.78 Å². The van der Waals surface area contributed by atoms with Crippen LogP contribution in [0.4, 0.5) is 5.69 Å². The van der Waals surface area contributed by atoms with Crippen molar-refractivity contribution in [2.75, 3.05) is 32.2 Å². The molecule has 0 radical (unpaired) electrons. The molecule has 4 rings (SSSR count). The number of benzene rings is 2. The molecule has 2 heterocycles. The number of rotatable bonds is 5. The van der Waals surface area contributed by atoms with Gasteiger partial charge in [-0.2, -0.15) is 5.10 Å². The largest absolute Gasteiger partial charge is 0.465 e. The van der Waals surface area contributed by atoms with Gasteiger partial charge < -0.3 is 14.4 Å². The lowest BCUT2D eigenvalue weighted by Crippen LogP contribution is -2.18. The van der Waals surface area contributed by atoms with E-state index in [0.717, 1.165) is 24.2 Å². The third-order valence-corrected chi connectivity index (χ3v) is 5.57. The summed E-state index contributed by atoms with van der Waals surface area (Å²) >= 11 is 0. The van der Waals surface area contributed by atoms with E-state index >= 15 is 0 Å². The number of carbonyl (C=O) groups excluding carboxylic acids is 2. The maximum Gasteiger partial charge on any atom is 0.357 e. The maximum atomic E-state index is 12.8. The van der Waals surface area contributed by atoms with E-state index in [-0.39, 0.29) is 11.3 Å². The highest BCUT2D eigenvalue weighted by atomic mass is 16.5. The minimum absolute atomic E-state index is 0.0387. The summed E-state index contributed by atoms with van der Waals surface area (Å²) in [5, 5.41) is 4.66. The van der Waals surface area contributed by atoms with E-state index in [1.54, 1.807) is 0 Å². The molecule has 0 saturated carbocycles. The van der Waals surface area contributed by atoms with Crippen LogP contribution in [0.1, 0.15) is 39.3 Å². The molecule has 3 aromatic rings. The van der Waals surface area contributed by atoms with Crippen LogP contribution in [0.2, 0.25) is 0 Å². The second-order valence-electron chi connectivity index (χ2n) is 7.50. The summed E-state index contributed by atoms with van der Waals surface area (Å²) in [6.45, 7) is 4.13. The zero-order valence-electron chi connectivity index (χ0n) is 17.9. The lowest BCUT2D eigenvalue weighted by atomic mass is 10.0. The van der Waals surface area contributed by atoms with Gasteiger partial charge in [0.15, 0.2) is 5.69 Å². The Morgan fingerprint density at radius 1 is 0.935 bits per heavy atom. The number of hydrogen-bond donors (Lipinski definition) is 0. The first-order valence-corrected chi connectivity index (χ1v) is 10.3. The predicted molar refractivity (Wildman–Crippen MR) is 118 cm³/mol. The van der Waals surface area contributed by atoms with Gasteiger partial charge in [-0.1, -0.05) is 24.3 Å². The lowest BCUT2D eigenvalue weighted by molar-refractivity contribution is 0.0549. The van der Waals surface area contributed by atoms with Crippen molar-refractivity contribution in [3.63, 3.8) is 0 Å². The molecule has 0 N–H and O–H groups in total. The van der Waals surface area contributed by atoms with Gasteiger partial charge in [0.1, 0.15) is 11.3 Å². The van der Waals surface area contributed by atoms with E-state index in [1.165, 1.54) is 37.4 Å². The van der Waals surface area contributed by atoms with Crippen LogP contribution in [0.25, 0.3) is 16.9 Å². The van der Waals surface area contributed by atoms with E-state index in [2.05, 4.69) is 16.1 Å². The number of ether oxygens (including phenoxy) is 2. The van der Waals surface area contributed by atoms with Gasteiger partial charge >= 0.3 is 11.9 Å².